The number of sulfone groups is 1. The Morgan fingerprint density at radius 2 is 2.03 bits per heavy atom. The molecule has 2 rings (SSSR count). The lowest BCUT2D eigenvalue weighted by atomic mass is 10.1. The maximum absolute atomic E-state index is 12.3. The highest BCUT2D eigenvalue weighted by molar-refractivity contribution is 14.0. The standard InChI is InChI=1S/C21H35N3O4S.HI/c1-6-22-20(23-10-12-29(25,26)21(3,4)5)24-14-17-8-7-16(2)13-19(17)28-18-9-11-27-15-18;/h7-8,13,18H,6,9-12,14-15H2,1-5H3,(H2,22,23,24);1H. The van der Waals surface area contributed by atoms with Crippen LogP contribution in [0.1, 0.15) is 45.2 Å². The van der Waals surface area contributed by atoms with Gasteiger partial charge < -0.3 is 20.1 Å². The Bertz CT molecular complexity index is 801. The van der Waals surface area contributed by atoms with Crippen molar-refractivity contribution in [3.05, 3.63) is 29.3 Å². The fourth-order valence-corrected chi connectivity index (χ4v) is 3.79. The van der Waals surface area contributed by atoms with Gasteiger partial charge in [-0.15, -0.1) is 24.0 Å². The van der Waals surface area contributed by atoms with E-state index >= 15 is 0 Å². The van der Waals surface area contributed by atoms with Crippen molar-refractivity contribution in [2.75, 3.05) is 32.1 Å². The highest BCUT2D eigenvalue weighted by Crippen LogP contribution is 2.24. The number of nitrogens with one attached hydrogen (secondary N) is 2. The molecule has 1 saturated heterocycles. The van der Waals surface area contributed by atoms with Crippen LogP contribution in [0.2, 0.25) is 0 Å². The molecule has 1 atom stereocenters. The lowest BCUT2D eigenvalue weighted by molar-refractivity contribution is 0.140. The van der Waals surface area contributed by atoms with E-state index in [-0.39, 0.29) is 35.8 Å². The number of benzene rings is 1. The second kappa shape index (κ2) is 12.1. The van der Waals surface area contributed by atoms with Crippen molar-refractivity contribution in [2.45, 2.75) is 58.4 Å². The van der Waals surface area contributed by atoms with E-state index in [0.29, 0.717) is 32.2 Å². The first kappa shape index (κ1) is 27.0. The summed E-state index contributed by atoms with van der Waals surface area (Å²) in [6.45, 7) is 11.9. The number of nitrogens with zero attached hydrogens (tertiary/aromatic N) is 1. The number of ether oxygens (including phenoxy) is 2. The highest BCUT2D eigenvalue weighted by atomic mass is 127. The van der Waals surface area contributed by atoms with Crippen molar-refractivity contribution < 1.29 is 17.9 Å². The van der Waals surface area contributed by atoms with Crippen LogP contribution in [0.25, 0.3) is 0 Å². The Morgan fingerprint density at radius 3 is 2.63 bits per heavy atom. The molecule has 1 aliphatic heterocycles. The second-order valence-electron chi connectivity index (χ2n) is 8.27. The van der Waals surface area contributed by atoms with Crippen molar-refractivity contribution in [3.63, 3.8) is 0 Å². The molecule has 30 heavy (non-hydrogen) atoms. The number of hydrogen-bond donors (Lipinski definition) is 2. The van der Waals surface area contributed by atoms with E-state index in [0.717, 1.165) is 29.9 Å². The van der Waals surface area contributed by atoms with Crippen LogP contribution in [-0.2, 0) is 21.1 Å². The van der Waals surface area contributed by atoms with Crippen molar-refractivity contribution in [1.29, 1.82) is 0 Å². The highest BCUT2D eigenvalue weighted by Gasteiger charge is 2.28. The van der Waals surface area contributed by atoms with Crippen molar-refractivity contribution in [2.24, 2.45) is 4.99 Å². The van der Waals surface area contributed by atoms with Gasteiger partial charge >= 0.3 is 0 Å². The summed E-state index contributed by atoms with van der Waals surface area (Å²) in [5.74, 6) is 1.48. The van der Waals surface area contributed by atoms with Gasteiger partial charge in [-0.2, -0.15) is 0 Å². The van der Waals surface area contributed by atoms with Gasteiger partial charge in [-0.1, -0.05) is 12.1 Å². The van der Waals surface area contributed by atoms with Crippen LogP contribution in [0.5, 0.6) is 5.75 Å². The quantitative estimate of drug-likeness (QED) is 0.292. The molecule has 9 heteroatoms. The minimum Gasteiger partial charge on any atom is -0.488 e. The third kappa shape index (κ3) is 8.22. The normalized spacial score (nSPS) is 17.4. The van der Waals surface area contributed by atoms with Crippen LogP contribution in [0, 0.1) is 6.92 Å². The Morgan fingerprint density at radius 1 is 1.30 bits per heavy atom. The molecule has 0 aliphatic carbocycles. The first-order valence-electron chi connectivity index (χ1n) is 10.2. The van der Waals surface area contributed by atoms with Gasteiger partial charge in [-0.05, 0) is 46.2 Å². The maximum Gasteiger partial charge on any atom is 0.191 e. The number of aliphatic imine (C=N–C) groups is 1. The molecule has 2 N–H and O–H groups in total. The third-order valence-electron chi connectivity index (χ3n) is 4.75. The van der Waals surface area contributed by atoms with E-state index in [1.54, 1.807) is 20.8 Å². The van der Waals surface area contributed by atoms with Gasteiger partial charge in [-0.25, -0.2) is 13.4 Å². The first-order chi connectivity index (χ1) is 13.6. The Hall–Kier alpha value is -1.07. The SMILES string of the molecule is CCNC(=NCc1ccc(C)cc1OC1CCOC1)NCCS(=O)(=O)C(C)(C)C.I. The van der Waals surface area contributed by atoms with Crippen molar-refractivity contribution >= 4 is 39.8 Å². The fourth-order valence-electron chi connectivity index (χ4n) is 2.80. The summed E-state index contributed by atoms with van der Waals surface area (Å²) in [6.07, 6.45) is 0.969. The van der Waals surface area contributed by atoms with E-state index in [4.69, 9.17) is 9.47 Å². The van der Waals surface area contributed by atoms with E-state index < -0.39 is 14.6 Å². The number of rotatable bonds is 8. The van der Waals surface area contributed by atoms with Gasteiger partial charge in [0, 0.05) is 25.1 Å². The molecule has 0 radical (unpaired) electrons. The van der Waals surface area contributed by atoms with Crippen LogP contribution in [0.3, 0.4) is 0 Å². The average molecular weight is 554 g/mol. The maximum atomic E-state index is 12.3. The Kier molecular flexibility index (Phi) is 10.9. The Balaban J connectivity index is 0.00000450. The number of aryl methyl sites for hydroxylation is 1. The van der Waals surface area contributed by atoms with E-state index in [2.05, 4.69) is 15.6 Å². The number of hydrogen-bond acceptors (Lipinski definition) is 5. The van der Waals surface area contributed by atoms with Crippen molar-refractivity contribution in [1.82, 2.24) is 10.6 Å². The minimum absolute atomic E-state index is 0. The van der Waals surface area contributed by atoms with Crippen LogP contribution in [0.4, 0.5) is 0 Å². The summed E-state index contributed by atoms with van der Waals surface area (Å²) in [7, 11) is -3.18. The molecular weight excluding hydrogens is 517 g/mol. The molecule has 1 aromatic rings. The summed E-state index contributed by atoms with van der Waals surface area (Å²) in [5.41, 5.74) is 2.12. The van der Waals surface area contributed by atoms with Crippen LogP contribution >= 0.6 is 24.0 Å². The lowest BCUT2D eigenvalue weighted by Crippen LogP contribution is -2.41. The smallest absolute Gasteiger partial charge is 0.191 e. The van der Waals surface area contributed by atoms with E-state index in [1.165, 1.54) is 0 Å². The molecule has 7 nitrogen and oxygen atoms in total. The predicted molar refractivity (Wildman–Crippen MR) is 133 cm³/mol. The zero-order chi connectivity index (χ0) is 21.5. The van der Waals surface area contributed by atoms with Gasteiger partial charge in [0.05, 0.1) is 30.3 Å². The molecule has 0 spiro atoms. The molecule has 0 amide bonds. The van der Waals surface area contributed by atoms with E-state index in [1.807, 2.05) is 32.0 Å². The monoisotopic (exact) mass is 553 g/mol. The minimum atomic E-state index is -3.18. The molecule has 1 heterocycles. The largest absolute Gasteiger partial charge is 0.488 e. The molecule has 1 aromatic carbocycles. The van der Waals surface area contributed by atoms with Gasteiger partial charge in [0.15, 0.2) is 15.8 Å². The zero-order valence-electron chi connectivity index (χ0n) is 18.7. The topological polar surface area (TPSA) is 89.0 Å². The van der Waals surface area contributed by atoms with Crippen LogP contribution < -0.4 is 15.4 Å². The Labute approximate surface area is 198 Å². The fraction of sp³-hybridized carbons (Fsp3) is 0.667. The molecule has 0 saturated carbocycles. The van der Waals surface area contributed by atoms with Crippen LogP contribution in [0.15, 0.2) is 23.2 Å². The molecule has 172 valence electrons. The van der Waals surface area contributed by atoms with Gasteiger partial charge in [0.2, 0.25) is 0 Å². The number of guanidine groups is 1. The lowest BCUT2D eigenvalue weighted by Gasteiger charge is -2.20. The van der Waals surface area contributed by atoms with E-state index in [9.17, 15) is 8.42 Å². The van der Waals surface area contributed by atoms with Gasteiger partial charge in [0.1, 0.15) is 11.9 Å². The van der Waals surface area contributed by atoms with Gasteiger partial charge in [-0.3, -0.25) is 0 Å². The summed E-state index contributed by atoms with van der Waals surface area (Å²) in [4.78, 5) is 4.62. The molecule has 1 aliphatic rings. The molecule has 1 unspecified atom stereocenters. The third-order valence-corrected chi connectivity index (χ3v) is 7.36. The number of halogens is 1. The second-order valence-corrected chi connectivity index (χ2v) is 11.1. The molecular formula is C21H36IN3O4S. The molecule has 1 fully saturated rings. The summed E-state index contributed by atoms with van der Waals surface area (Å²) in [6, 6.07) is 6.09. The zero-order valence-corrected chi connectivity index (χ0v) is 21.8. The van der Waals surface area contributed by atoms with Crippen molar-refractivity contribution in [3.8, 4) is 5.75 Å². The average Bonchev–Trinajstić information content (AvgIpc) is 3.13. The van der Waals surface area contributed by atoms with Gasteiger partial charge in [0.25, 0.3) is 0 Å². The molecule has 0 aromatic heterocycles. The summed E-state index contributed by atoms with van der Waals surface area (Å²) in [5, 5.41) is 6.29. The summed E-state index contributed by atoms with van der Waals surface area (Å²) >= 11 is 0. The van der Waals surface area contributed by atoms with Crippen LogP contribution in [-0.4, -0.2) is 57.3 Å². The summed E-state index contributed by atoms with van der Waals surface area (Å²) < 4.78 is 35.3. The molecule has 0 bridgehead atoms. The first-order valence-corrected chi connectivity index (χ1v) is 11.9. The predicted octanol–water partition coefficient (Wildman–Crippen LogP) is 3.05.